The first-order valence-electron chi connectivity index (χ1n) is 15.0. The summed E-state index contributed by atoms with van der Waals surface area (Å²) in [5.74, 6) is 3.22. The molecule has 246 valence electrons. The number of nitrogens with zero attached hydrogens (tertiary/aromatic N) is 5. The molecule has 4 aromatic carbocycles. The molecule has 0 amide bonds. The first-order chi connectivity index (χ1) is 23.7. The van der Waals surface area contributed by atoms with Gasteiger partial charge >= 0.3 is 42.1 Å². The molecular weight excluding hydrogens is 993 g/mol. The molecule has 4 aromatic heterocycles. The van der Waals surface area contributed by atoms with Gasteiger partial charge in [0.15, 0.2) is 0 Å². The topological polar surface area (TPSA) is 93.4 Å². The van der Waals surface area contributed by atoms with Gasteiger partial charge in [0.05, 0.1) is 6.20 Å². The van der Waals surface area contributed by atoms with Gasteiger partial charge in [-0.05, 0) is 23.5 Å². The summed E-state index contributed by atoms with van der Waals surface area (Å²) in [5, 5.41) is 1.80. The van der Waals surface area contributed by atoms with E-state index in [0.29, 0.717) is 51.6 Å². The van der Waals surface area contributed by atoms with Gasteiger partial charge in [-0.3, -0.25) is 0 Å². The van der Waals surface area contributed by atoms with Crippen LogP contribution in [0.5, 0.6) is 34.6 Å². The van der Waals surface area contributed by atoms with Crippen LogP contribution in [0, 0.1) is 24.3 Å². The Balaban J connectivity index is 0.00000196. The van der Waals surface area contributed by atoms with Crippen LogP contribution >= 0.6 is 0 Å². The molecule has 0 saturated heterocycles. The van der Waals surface area contributed by atoms with Crippen LogP contribution in [0.2, 0.25) is 0 Å². The molecule has 0 radical (unpaired) electrons. The minimum Gasteiger partial charge on any atom is -0.503 e. The second-order valence-electron chi connectivity index (χ2n) is 10.7. The molecule has 9 rings (SSSR count). The van der Waals surface area contributed by atoms with Crippen molar-refractivity contribution >= 4 is 21.8 Å². The molecule has 1 aliphatic heterocycles. The molecule has 0 atom stereocenters. The largest absolute Gasteiger partial charge is 2.00 e. The van der Waals surface area contributed by atoms with Crippen LogP contribution in [0.1, 0.15) is 0 Å². The van der Waals surface area contributed by atoms with Crippen LogP contribution in [0.15, 0.2) is 116 Å². The van der Waals surface area contributed by atoms with Crippen molar-refractivity contribution in [1.82, 2.24) is 24.5 Å². The molecule has 5 heterocycles. The molecular formula is C39H21N5O4Pt2. The van der Waals surface area contributed by atoms with E-state index in [1.807, 2.05) is 102 Å². The molecule has 50 heavy (non-hydrogen) atoms. The summed E-state index contributed by atoms with van der Waals surface area (Å²) in [6.07, 6.45) is 5.10. The van der Waals surface area contributed by atoms with E-state index in [9.17, 15) is 0 Å². The predicted octanol–water partition coefficient (Wildman–Crippen LogP) is 8.21. The molecule has 0 spiro atoms. The Hall–Kier alpha value is -5.36. The smallest absolute Gasteiger partial charge is 0.503 e. The van der Waals surface area contributed by atoms with Crippen molar-refractivity contribution in [2.75, 3.05) is 6.79 Å². The standard InChI is InChI=1S/C39H21N5O4.2Pt/c1-3-17-40-33(11-1)25-7-5-9-27(19-25)47-29-13-15-31-32-16-14-30(48-28-10-6-8-26(20-28)34-12-2-4-18-41-34)22-36(32)44(35(31)21-29)39-42-23-37-38(43-39)46-24-45-37;;/h1-18,23H,24H2;;/q-4;2*+2. The Kier molecular flexibility index (Phi) is 9.44. The molecule has 0 aliphatic carbocycles. The summed E-state index contributed by atoms with van der Waals surface area (Å²) < 4.78 is 25.5. The van der Waals surface area contributed by atoms with Gasteiger partial charge in [0.1, 0.15) is 0 Å². The van der Waals surface area contributed by atoms with Gasteiger partial charge < -0.3 is 33.5 Å². The molecule has 0 fully saturated rings. The molecule has 0 bridgehead atoms. The van der Waals surface area contributed by atoms with Gasteiger partial charge in [-0.2, -0.15) is 27.9 Å². The first kappa shape index (κ1) is 33.1. The number of rotatable bonds is 7. The van der Waals surface area contributed by atoms with E-state index in [1.165, 1.54) is 0 Å². The van der Waals surface area contributed by atoms with E-state index >= 15 is 0 Å². The molecule has 8 aromatic rings. The number of fused-ring (bicyclic) bond motifs is 4. The second-order valence-corrected chi connectivity index (χ2v) is 10.7. The van der Waals surface area contributed by atoms with Crippen LogP contribution in [0.3, 0.4) is 0 Å². The SMILES string of the molecule is [Pt+2].[Pt+2].[c-]1c(Oc2[c-]c3c(cc2)c2ccc(Oc4[c-]c(-c5ccccn5)ccc4)[c-]c2n3-c2ncc3c(n2)OCO3)cccc1-c1ccccn1. The number of aromatic nitrogens is 5. The quantitative estimate of drug-likeness (QED) is 0.148. The predicted molar refractivity (Wildman–Crippen MR) is 177 cm³/mol. The van der Waals surface area contributed by atoms with Crippen LogP contribution in [-0.2, 0) is 42.1 Å². The Labute approximate surface area is 315 Å². The summed E-state index contributed by atoms with van der Waals surface area (Å²) >= 11 is 0. The minimum absolute atomic E-state index is 0. The van der Waals surface area contributed by atoms with Gasteiger partial charge in [0.2, 0.25) is 18.5 Å². The summed E-state index contributed by atoms with van der Waals surface area (Å²) in [6.45, 7) is 0.0804. The van der Waals surface area contributed by atoms with Crippen LogP contribution < -0.4 is 18.9 Å². The van der Waals surface area contributed by atoms with Crippen molar-refractivity contribution in [3.63, 3.8) is 0 Å². The Morgan fingerprint density at radius 3 is 1.66 bits per heavy atom. The van der Waals surface area contributed by atoms with Crippen molar-refractivity contribution in [3.8, 4) is 63.1 Å². The van der Waals surface area contributed by atoms with Crippen molar-refractivity contribution in [3.05, 3.63) is 140 Å². The van der Waals surface area contributed by atoms with Crippen molar-refractivity contribution in [2.45, 2.75) is 0 Å². The van der Waals surface area contributed by atoms with Crippen molar-refractivity contribution in [1.29, 1.82) is 0 Å². The second kappa shape index (κ2) is 14.2. The molecule has 0 N–H and O–H groups in total. The summed E-state index contributed by atoms with van der Waals surface area (Å²) in [4.78, 5) is 18.1. The Bertz CT molecular complexity index is 2320. The summed E-state index contributed by atoms with van der Waals surface area (Å²) in [5.41, 5.74) is 4.61. The number of hydrogen-bond donors (Lipinski definition) is 0. The first-order valence-corrected chi connectivity index (χ1v) is 15.0. The zero-order chi connectivity index (χ0) is 31.9. The molecule has 0 unspecified atom stereocenters. The van der Waals surface area contributed by atoms with E-state index in [-0.39, 0.29) is 48.9 Å². The third kappa shape index (κ3) is 6.38. The third-order valence-corrected chi connectivity index (χ3v) is 7.71. The number of benzene rings is 4. The zero-order valence-corrected chi connectivity index (χ0v) is 30.2. The average Bonchev–Trinajstić information content (AvgIpc) is 3.74. The number of pyridine rings is 2. The maximum atomic E-state index is 6.28. The van der Waals surface area contributed by atoms with Gasteiger partial charge in [-0.1, -0.05) is 47.4 Å². The van der Waals surface area contributed by atoms with E-state index < -0.39 is 0 Å². The third-order valence-electron chi connectivity index (χ3n) is 7.71. The van der Waals surface area contributed by atoms with Crippen LogP contribution in [0.4, 0.5) is 0 Å². The molecule has 11 heteroatoms. The average molecular weight is 1010 g/mol. The fourth-order valence-electron chi connectivity index (χ4n) is 5.55. The van der Waals surface area contributed by atoms with Gasteiger partial charge in [0, 0.05) is 35.4 Å². The van der Waals surface area contributed by atoms with Crippen LogP contribution in [-0.4, -0.2) is 31.3 Å². The number of hydrogen-bond acceptors (Lipinski definition) is 8. The van der Waals surface area contributed by atoms with E-state index in [0.717, 1.165) is 33.3 Å². The van der Waals surface area contributed by atoms with Crippen molar-refractivity contribution in [2.24, 2.45) is 0 Å². The monoisotopic (exact) mass is 1010 g/mol. The van der Waals surface area contributed by atoms with E-state index in [1.54, 1.807) is 18.6 Å². The van der Waals surface area contributed by atoms with Gasteiger partial charge in [-0.15, -0.1) is 71.8 Å². The maximum absolute atomic E-state index is 6.28. The minimum atomic E-state index is 0. The molecule has 0 saturated carbocycles. The Morgan fingerprint density at radius 2 is 1.12 bits per heavy atom. The summed E-state index contributed by atoms with van der Waals surface area (Å²) in [7, 11) is 0. The fraction of sp³-hybridized carbons (Fsp3) is 0.0256. The number of ether oxygens (including phenoxy) is 4. The zero-order valence-electron chi connectivity index (χ0n) is 25.7. The van der Waals surface area contributed by atoms with Crippen molar-refractivity contribution < 1.29 is 61.1 Å². The Morgan fingerprint density at radius 1 is 0.560 bits per heavy atom. The van der Waals surface area contributed by atoms with Gasteiger partial charge in [-0.25, -0.2) is 4.98 Å². The normalized spacial score (nSPS) is 11.5. The van der Waals surface area contributed by atoms with E-state index in [4.69, 9.17) is 18.9 Å². The summed E-state index contributed by atoms with van der Waals surface area (Å²) in [6, 6.07) is 44.1. The molecule has 9 nitrogen and oxygen atoms in total. The maximum Gasteiger partial charge on any atom is 2.00 e. The molecule has 1 aliphatic rings. The van der Waals surface area contributed by atoms with Crippen LogP contribution in [0.25, 0.3) is 50.3 Å². The fourth-order valence-corrected chi connectivity index (χ4v) is 5.55. The van der Waals surface area contributed by atoms with Gasteiger partial charge in [0.25, 0.3) is 5.88 Å². The van der Waals surface area contributed by atoms with E-state index in [2.05, 4.69) is 44.2 Å².